The number of para-hydroxylation sites is 1. The summed E-state index contributed by atoms with van der Waals surface area (Å²) < 4.78 is 26.5. The van der Waals surface area contributed by atoms with Crippen LogP contribution in [0, 0.1) is 0 Å². The molecule has 1 N–H and O–H groups in total. The van der Waals surface area contributed by atoms with Crippen LogP contribution in [0.5, 0.6) is 0 Å². The van der Waals surface area contributed by atoms with Crippen molar-refractivity contribution >= 4 is 50.7 Å². The van der Waals surface area contributed by atoms with Gasteiger partial charge in [-0.1, -0.05) is 61.3 Å². The van der Waals surface area contributed by atoms with Crippen molar-refractivity contribution in [2.45, 2.75) is 46.2 Å². The van der Waals surface area contributed by atoms with Crippen LogP contribution in [-0.4, -0.2) is 50.5 Å². The van der Waals surface area contributed by atoms with E-state index in [4.69, 9.17) is 23.2 Å². The maximum Gasteiger partial charge on any atom is 0.244 e. The molecule has 0 saturated heterocycles. The number of nitrogens with one attached hydrogen (secondary N) is 1. The molecule has 0 aliphatic rings. The van der Waals surface area contributed by atoms with Crippen LogP contribution < -0.4 is 9.62 Å². The SMILES string of the molecule is CCCNC(=O)[C@@H](C)N(Cc1ccc(Cl)cc1Cl)C(=O)CN(c1ccccc1CC)S(C)(=O)=O. The number of hydrogen-bond donors (Lipinski definition) is 1. The molecule has 2 amide bonds. The van der Waals surface area contributed by atoms with E-state index in [0.29, 0.717) is 34.3 Å². The average Bonchev–Trinajstić information content (AvgIpc) is 2.79. The van der Waals surface area contributed by atoms with Crippen LogP contribution in [0.25, 0.3) is 0 Å². The molecular formula is C24H31Cl2N3O4S. The van der Waals surface area contributed by atoms with Gasteiger partial charge < -0.3 is 10.2 Å². The van der Waals surface area contributed by atoms with E-state index >= 15 is 0 Å². The number of anilines is 1. The normalized spacial score (nSPS) is 12.2. The Morgan fingerprint density at radius 3 is 2.32 bits per heavy atom. The van der Waals surface area contributed by atoms with Gasteiger partial charge >= 0.3 is 0 Å². The van der Waals surface area contributed by atoms with Crippen molar-refractivity contribution in [3.05, 3.63) is 63.6 Å². The Kier molecular flexibility index (Phi) is 10.2. The van der Waals surface area contributed by atoms with Gasteiger partial charge in [-0.25, -0.2) is 8.42 Å². The van der Waals surface area contributed by atoms with Gasteiger partial charge in [-0.15, -0.1) is 0 Å². The third-order valence-corrected chi connectivity index (χ3v) is 7.11. The highest BCUT2D eigenvalue weighted by molar-refractivity contribution is 7.92. The molecule has 0 saturated carbocycles. The summed E-state index contributed by atoms with van der Waals surface area (Å²) in [6, 6.07) is 11.1. The van der Waals surface area contributed by atoms with Crippen LogP contribution in [-0.2, 0) is 32.6 Å². The van der Waals surface area contributed by atoms with E-state index in [1.54, 1.807) is 37.3 Å². The van der Waals surface area contributed by atoms with Crippen molar-refractivity contribution in [2.24, 2.45) is 0 Å². The Morgan fingerprint density at radius 1 is 1.06 bits per heavy atom. The van der Waals surface area contributed by atoms with Crippen molar-refractivity contribution < 1.29 is 18.0 Å². The molecule has 2 aromatic rings. The lowest BCUT2D eigenvalue weighted by atomic mass is 10.1. The Hall–Kier alpha value is -2.29. The lowest BCUT2D eigenvalue weighted by molar-refractivity contribution is -0.139. The minimum Gasteiger partial charge on any atom is -0.354 e. The summed E-state index contributed by atoms with van der Waals surface area (Å²) in [6.07, 6.45) is 2.39. The molecule has 0 spiro atoms. The molecule has 7 nitrogen and oxygen atoms in total. The Labute approximate surface area is 212 Å². The first-order valence-corrected chi connectivity index (χ1v) is 13.7. The lowest BCUT2D eigenvalue weighted by Gasteiger charge is -2.32. The van der Waals surface area contributed by atoms with E-state index in [1.165, 1.54) is 4.90 Å². The number of hydrogen-bond acceptors (Lipinski definition) is 4. The third-order valence-electron chi connectivity index (χ3n) is 5.39. The lowest BCUT2D eigenvalue weighted by Crippen LogP contribution is -2.51. The highest BCUT2D eigenvalue weighted by atomic mass is 35.5. The van der Waals surface area contributed by atoms with E-state index in [2.05, 4.69) is 5.32 Å². The first kappa shape index (κ1) is 28.0. The number of carbonyl (C=O) groups excluding carboxylic acids is 2. The minimum atomic E-state index is -3.78. The van der Waals surface area contributed by atoms with Crippen molar-refractivity contribution in [2.75, 3.05) is 23.7 Å². The van der Waals surface area contributed by atoms with Gasteiger partial charge in [0.2, 0.25) is 21.8 Å². The number of benzene rings is 2. The zero-order valence-electron chi connectivity index (χ0n) is 19.8. The van der Waals surface area contributed by atoms with Crippen LogP contribution in [0.4, 0.5) is 5.69 Å². The molecule has 0 aliphatic carbocycles. The molecule has 1 atom stereocenters. The zero-order valence-corrected chi connectivity index (χ0v) is 22.2. The maximum absolute atomic E-state index is 13.5. The number of rotatable bonds is 11. The number of carbonyl (C=O) groups is 2. The number of sulfonamides is 1. The molecule has 186 valence electrons. The predicted octanol–water partition coefficient (Wildman–Crippen LogP) is 4.27. The second-order valence-electron chi connectivity index (χ2n) is 7.98. The summed E-state index contributed by atoms with van der Waals surface area (Å²) in [4.78, 5) is 27.6. The first-order valence-electron chi connectivity index (χ1n) is 11.1. The van der Waals surface area contributed by atoms with Crippen LogP contribution in [0.3, 0.4) is 0 Å². The van der Waals surface area contributed by atoms with Crippen LogP contribution in [0.2, 0.25) is 10.0 Å². The van der Waals surface area contributed by atoms with E-state index < -0.39 is 28.5 Å². The van der Waals surface area contributed by atoms with Gasteiger partial charge in [-0.3, -0.25) is 13.9 Å². The van der Waals surface area contributed by atoms with E-state index in [-0.39, 0.29) is 12.5 Å². The molecular weight excluding hydrogens is 497 g/mol. The van der Waals surface area contributed by atoms with Gasteiger partial charge in [0, 0.05) is 23.1 Å². The smallest absolute Gasteiger partial charge is 0.244 e. The van der Waals surface area contributed by atoms with E-state index in [0.717, 1.165) is 22.5 Å². The standard InChI is InChI=1S/C24H31Cl2N3O4S/c1-5-13-27-24(31)17(3)28(15-19-11-12-20(25)14-21(19)26)23(30)16-29(34(4,32)33)22-10-8-7-9-18(22)6-2/h7-12,14,17H,5-6,13,15-16H2,1-4H3,(H,27,31)/t17-/m1/s1. The number of amides is 2. The first-order chi connectivity index (χ1) is 16.0. The number of aryl methyl sites for hydroxylation is 1. The van der Waals surface area contributed by atoms with Crippen LogP contribution in [0.1, 0.15) is 38.3 Å². The van der Waals surface area contributed by atoms with E-state index in [1.807, 2.05) is 26.0 Å². The topological polar surface area (TPSA) is 86.8 Å². The minimum absolute atomic E-state index is 0.0164. The second-order valence-corrected chi connectivity index (χ2v) is 10.7. The number of halogens is 2. The fourth-order valence-electron chi connectivity index (χ4n) is 3.46. The summed E-state index contributed by atoms with van der Waals surface area (Å²) in [7, 11) is -3.78. The fraction of sp³-hybridized carbons (Fsp3) is 0.417. The summed E-state index contributed by atoms with van der Waals surface area (Å²) in [5.41, 5.74) is 1.82. The van der Waals surface area contributed by atoms with Crippen molar-refractivity contribution in [3.8, 4) is 0 Å². The average molecular weight is 529 g/mol. The largest absolute Gasteiger partial charge is 0.354 e. The predicted molar refractivity (Wildman–Crippen MR) is 138 cm³/mol. The highest BCUT2D eigenvalue weighted by Crippen LogP contribution is 2.26. The molecule has 34 heavy (non-hydrogen) atoms. The maximum atomic E-state index is 13.5. The molecule has 0 radical (unpaired) electrons. The third kappa shape index (κ3) is 7.35. The van der Waals surface area contributed by atoms with Crippen LogP contribution >= 0.6 is 23.2 Å². The molecule has 2 rings (SSSR count). The summed E-state index contributed by atoms with van der Waals surface area (Å²) in [5, 5.41) is 3.59. The van der Waals surface area contributed by atoms with Gasteiger partial charge in [-0.05, 0) is 49.1 Å². The Bertz CT molecular complexity index is 1120. The number of nitrogens with zero attached hydrogens (tertiary/aromatic N) is 2. The van der Waals surface area contributed by atoms with Crippen LogP contribution in [0.15, 0.2) is 42.5 Å². The molecule has 0 aliphatic heterocycles. The molecule has 0 unspecified atom stereocenters. The van der Waals surface area contributed by atoms with Gasteiger partial charge in [0.15, 0.2) is 0 Å². The Morgan fingerprint density at radius 2 is 1.74 bits per heavy atom. The van der Waals surface area contributed by atoms with Crippen molar-refractivity contribution in [1.29, 1.82) is 0 Å². The molecule has 0 fully saturated rings. The molecule has 0 aromatic heterocycles. The summed E-state index contributed by atoms with van der Waals surface area (Å²) >= 11 is 12.3. The van der Waals surface area contributed by atoms with Crippen molar-refractivity contribution in [3.63, 3.8) is 0 Å². The van der Waals surface area contributed by atoms with Gasteiger partial charge in [0.25, 0.3) is 0 Å². The van der Waals surface area contributed by atoms with E-state index in [9.17, 15) is 18.0 Å². The van der Waals surface area contributed by atoms with Gasteiger partial charge in [-0.2, -0.15) is 0 Å². The Balaban J connectivity index is 2.44. The summed E-state index contributed by atoms with van der Waals surface area (Å²) in [6.45, 7) is 5.48. The molecule has 10 heteroatoms. The molecule has 0 bridgehead atoms. The molecule has 0 heterocycles. The fourth-order valence-corrected chi connectivity index (χ4v) is 4.81. The molecule has 2 aromatic carbocycles. The zero-order chi connectivity index (χ0) is 25.5. The second kappa shape index (κ2) is 12.4. The van der Waals surface area contributed by atoms with Gasteiger partial charge in [0.05, 0.1) is 11.9 Å². The monoisotopic (exact) mass is 527 g/mol. The quantitative estimate of drug-likeness (QED) is 0.472. The van der Waals surface area contributed by atoms with Crippen molar-refractivity contribution in [1.82, 2.24) is 10.2 Å². The van der Waals surface area contributed by atoms with Gasteiger partial charge in [0.1, 0.15) is 12.6 Å². The highest BCUT2D eigenvalue weighted by Gasteiger charge is 2.31. The summed E-state index contributed by atoms with van der Waals surface area (Å²) in [5.74, 6) is -0.860.